The van der Waals surface area contributed by atoms with Crippen molar-refractivity contribution < 1.29 is 9.53 Å². The lowest BCUT2D eigenvalue weighted by Crippen LogP contribution is -2.54. The fourth-order valence-electron chi connectivity index (χ4n) is 3.53. The van der Waals surface area contributed by atoms with Crippen LogP contribution in [0.1, 0.15) is 18.3 Å². The normalized spacial score (nSPS) is 15.6. The molecule has 0 bridgehead atoms. The maximum atomic E-state index is 12.0. The van der Waals surface area contributed by atoms with Gasteiger partial charge in [-0.2, -0.15) is 0 Å². The summed E-state index contributed by atoms with van der Waals surface area (Å²) in [5.74, 6) is 0.943. The predicted molar refractivity (Wildman–Crippen MR) is 118 cm³/mol. The maximum Gasteiger partial charge on any atom is 0.234 e. The van der Waals surface area contributed by atoms with Gasteiger partial charge >= 0.3 is 0 Å². The van der Waals surface area contributed by atoms with Gasteiger partial charge in [-0.25, -0.2) is 9.98 Å². The zero-order valence-electron chi connectivity index (χ0n) is 18.2. The third-order valence-corrected chi connectivity index (χ3v) is 5.14. The third kappa shape index (κ3) is 5.93. The highest BCUT2D eigenvalue weighted by molar-refractivity contribution is 5.80. The van der Waals surface area contributed by atoms with Crippen LogP contribution in [0.15, 0.2) is 29.4 Å². The zero-order valence-corrected chi connectivity index (χ0v) is 18.2. The molecular formula is C21H33N7O2. The molecule has 0 aliphatic carbocycles. The largest absolute Gasteiger partial charge is 0.383 e. The number of ether oxygens (including phenoxy) is 1. The van der Waals surface area contributed by atoms with Crippen molar-refractivity contribution in [3.63, 3.8) is 0 Å². The number of amides is 1. The minimum absolute atomic E-state index is 0.0446. The van der Waals surface area contributed by atoms with Crippen LogP contribution < -0.4 is 10.6 Å². The van der Waals surface area contributed by atoms with Gasteiger partial charge < -0.3 is 24.7 Å². The Morgan fingerprint density at radius 3 is 2.73 bits per heavy atom. The van der Waals surface area contributed by atoms with Gasteiger partial charge in [-0.15, -0.1) is 0 Å². The summed E-state index contributed by atoms with van der Waals surface area (Å²) in [6, 6.07) is 6.10. The number of hydrogen-bond acceptors (Lipinski definition) is 5. The number of rotatable bonds is 8. The zero-order chi connectivity index (χ0) is 21.3. The van der Waals surface area contributed by atoms with E-state index < -0.39 is 0 Å². The summed E-state index contributed by atoms with van der Waals surface area (Å²) in [6.45, 7) is 10.3. The van der Waals surface area contributed by atoms with Gasteiger partial charge in [-0.3, -0.25) is 9.69 Å². The van der Waals surface area contributed by atoms with Crippen molar-refractivity contribution in [1.29, 1.82) is 0 Å². The Hall–Kier alpha value is -2.65. The molecule has 3 rings (SSSR count). The van der Waals surface area contributed by atoms with E-state index in [4.69, 9.17) is 9.73 Å². The number of aromatic nitrogens is 2. The van der Waals surface area contributed by atoms with Crippen molar-refractivity contribution in [3.8, 4) is 0 Å². The van der Waals surface area contributed by atoms with Crippen LogP contribution in [0.3, 0.4) is 0 Å². The average Bonchev–Trinajstić information content (AvgIpc) is 3.16. The summed E-state index contributed by atoms with van der Waals surface area (Å²) in [6.07, 6.45) is 2.05. The SMILES string of the molecule is CCNC(=NCc1cn2c(C)cccc2n1)N1CCN(CC(=O)NCCOC)CC1. The first kappa shape index (κ1) is 22.0. The second-order valence-corrected chi connectivity index (χ2v) is 7.40. The second-order valence-electron chi connectivity index (χ2n) is 7.40. The number of nitrogens with zero attached hydrogens (tertiary/aromatic N) is 5. The number of methoxy groups -OCH3 is 1. The molecule has 0 spiro atoms. The lowest BCUT2D eigenvalue weighted by molar-refractivity contribution is -0.122. The number of imidazole rings is 1. The van der Waals surface area contributed by atoms with E-state index >= 15 is 0 Å². The molecule has 9 heteroatoms. The molecule has 2 N–H and O–H groups in total. The van der Waals surface area contributed by atoms with E-state index in [1.807, 2.05) is 12.1 Å². The number of aryl methyl sites for hydroxylation is 1. The van der Waals surface area contributed by atoms with E-state index in [9.17, 15) is 4.79 Å². The standard InChI is InChI=1S/C21H33N7O2/c1-4-22-21(24-14-18-15-28-17(2)6-5-7-19(28)25-18)27-11-9-26(10-12-27)16-20(29)23-8-13-30-3/h5-7,15H,4,8-14,16H2,1-3H3,(H,22,24)(H,23,29). The molecule has 2 aromatic heterocycles. The highest BCUT2D eigenvalue weighted by Gasteiger charge is 2.21. The molecule has 0 aromatic carbocycles. The van der Waals surface area contributed by atoms with Crippen LogP contribution in [0, 0.1) is 6.92 Å². The second kappa shape index (κ2) is 10.9. The molecule has 1 amide bonds. The Kier molecular flexibility index (Phi) is 8.04. The van der Waals surface area contributed by atoms with Gasteiger partial charge in [-0.05, 0) is 26.0 Å². The van der Waals surface area contributed by atoms with Crippen LogP contribution in [-0.2, 0) is 16.1 Å². The molecule has 1 aliphatic heterocycles. The first-order chi connectivity index (χ1) is 14.6. The monoisotopic (exact) mass is 415 g/mol. The van der Waals surface area contributed by atoms with E-state index in [0.717, 1.165) is 55.7 Å². The first-order valence-electron chi connectivity index (χ1n) is 10.6. The van der Waals surface area contributed by atoms with Crippen LogP contribution in [0.5, 0.6) is 0 Å². The number of piperazine rings is 1. The van der Waals surface area contributed by atoms with Crippen molar-refractivity contribution in [2.24, 2.45) is 4.99 Å². The molecule has 164 valence electrons. The van der Waals surface area contributed by atoms with Gasteiger partial charge in [0.05, 0.1) is 25.4 Å². The lowest BCUT2D eigenvalue weighted by atomic mass is 10.3. The summed E-state index contributed by atoms with van der Waals surface area (Å²) < 4.78 is 7.05. The molecule has 1 saturated heterocycles. The van der Waals surface area contributed by atoms with E-state index in [1.54, 1.807) is 7.11 Å². The number of carbonyl (C=O) groups is 1. The summed E-state index contributed by atoms with van der Waals surface area (Å²) in [4.78, 5) is 25.9. The number of carbonyl (C=O) groups excluding carboxylic acids is 1. The van der Waals surface area contributed by atoms with Gasteiger partial charge in [0.1, 0.15) is 5.65 Å². The van der Waals surface area contributed by atoms with E-state index in [1.165, 1.54) is 0 Å². The molecular weight excluding hydrogens is 382 g/mol. The summed E-state index contributed by atoms with van der Waals surface area (Å²) in [7, 11) is 1.63. The highest BCUT2D eigenvalue weighted by Crippen LogP contribution is 2.10. The number of hydrogen-bond donors (Lipinski definition) is 2. The molecule has 0 radical (unpaired) electrons. The van der Waals surface area contributed by atoms with Crippen molar-refractivity contribution in [1.82, 2.24) is 29.8 Å². The van der Waals surface area contributed by atoms with Crippen molar-refractivity contribution in [2.75, 3.05) is 59.5 Å². The highest BCUT2D eigenvalue weighted by atomic mass is 16.5. The van der Waals surface area contributed by atoms with E-state index in [2.05, 4.69) is 55.9 Å². The van der Waals surface area contributed by atoms with Gasteiger partial charge in [0.25, 0.3) is 0 Å². The average molecular weight is 416 g/mol. The van der Waals surface area contributed by atoms with E-state index in [0.29, 0.717) is 26.2 Å². The summed E-state index contributed by atoms with van der Waals surface area (Å²) in [5.41, 5.74) is 3.05. The van der Waals surface area contributed by atoms with Gasteiger partial charge in [0.15, 0.2) is 5.96 Å². The van der Waals surface area contributed by atoms with Crippen LogP contribution in [0.25, 0.3) is 5.65 Å². The van der Waals surface area contributed by atoms with Gasteiger partial charge in [0, 0.05) is 58.3 Å². The van der Waals surface area contributed by atoms with Crippen molar-refractivity contribution in [2.45, 2.75) is 20.4 Å². The minimum atomic E-state index is 0.0446. The molecule has 1 fully saturated rings. The van der Waals surface area contributed by atoms with Gasteiger partial charge in [-0.1, -0.05) is 6.07 Å². The third-order valence-electron chi connectivity index (χ3n) is 5.14. The number of pyridine rings is 1. The molecule has 30 heavy (non-hydrogen) atoms. The molecule has 0 atom stereocenters. The van der Waals surface area contributed by atoms with Crippen LogP contribution in [0.4, 0.5) is 0 Å². The fraction of sp³-hybridized carbons (Fsp3) is 0.571. The smallest absolute Gasteiger partial charge is 0.234 e. The molecule has 1 aliphatic rings. The Labute approximate surface area is 178 Å². The number of nitrogens with one attached hydrogen (secondary N) is 2. The Bertz CT molecular complexity index is 856. The van der Waals surface area contributed by atoms with E-state index in [-0.39, 0.29) is 5.91 Å². The van der Waals surface area contributed by atoms with Crippen molar-refractivity contribution in [3.05, 3.63) is 35.8 Å². The topological polar surface area (TPSA) is 86.5 Å². The van der Waals surface area contributed by atoms with Crippen LogP contribution >= 0.6 is 0 Å². The Morgan fingerprint density at radius 2 is 2.03 bits per heavy atom. The Balaban J connectivity index is 1.54. The summed E-state index contributed by atoms with van der Waals surface area (Å²) in [5, 5.41) is 6.26. The molecule has 9 nitrogen and oxygen atoms in total. The quantitative estimate of drug-likeness (QED) is 0.371. The molecule has 2 aromatic rings. The number of fused-ring (bicyclic) bond motifs is 1. The van der Waals surface area contributed by atoms with Gasteiger partial charge in [0.2, 0.25) is 5.91 Å². The Morgan fingerprint density at radius 1 is 1.23 bits per heavy atom. The minimum Gasteiger partial charge on any atom is -0.383 e. The lowest BCUT2D eigenvalue weighted by Gasteiger charge is -2.36. The predicted octanol–water partition coefficient (Wildman–Crippen LogP) is 0.488. The van der Waals surface area contributed by atoms with Crippen molar-refractivity contribution >= 4 is 17.5 Å². The number of guanidine groups is 1. The molecule has 3 heterocycles. The number of aliphatic imine (C=N–C) groups is 1. The fourth-order valence-corrected chi connectivity index (χ4v) is 3.53. The molecule has 0 unspecified atom stereocenters. The molecule has 0 saturated carbocycles. The van der Waals surface area contributed by atoms with Crippen LogP contribution in [0.2, 0.25) is 0 Å². The summed E-state index contributed by atoms with van der Waals surface area (Å²) >= 11 is 0. The first-order valence-corrected chi connectivity index (χ1v) is 10.6. The maximum absolute atomic E-state index is 12.0. The van der Waals surface area contributed by atoms with Crippen LogP contribution in [-0.4, -0.2) is 90.6 Å².